The van der Waals surface area contributed by atoms with E-state index in [4.69, 9.17) is 24.4 Å². The fourth-order valence-electron chi connectivity index (χ4n) is 7.56. The molecule has 0 spiro atoms. The first kappa shape index (κ1) is 28.1. The minimum absolute atomic E-state index is 0.201. The summed E-state index contributed by atoms with van der Waals surface area (Å²) >= 11 is 1.70. The first-order valence-electron chi connectivity index (χ1n) is 16.4. The topological polar surface area (TPSA) is 64.7 Å². The maximum atomic E-state index is 6.73. The molecular weight excluding hydrogens is 621 g/mol. The fraction of sp³-hybridized carbons (Fsp3) is 0.0698. The number of nitrogens with zero attached hydrogens (tertiary/aromatic N) is 4. The number of benzene rings is 6. The molecule has 1 aliphatic carbocycles. The molecule has 6 aromatic carbocycles. The molecule has 5 nitrogen and oxygen atoms in total. The quantitative estimate of drug-likeness (QED) is 0.190. The number of fused-ring (bicyclic) bond motifs is 8. The van der Waals surface area contributed by atoms with Gasteiger partial charge in [0.2, 0.25) is 0 Å². The molecule has 0 fully saturated rings. The predicted molar refractivity (Wildman–Crippen MR) is 200 cm³/mol. The Morgan fingerprint density at radius 1 is 0.571 bits per heavy atom. The summed E-state index contributed by atoms with van der Waals surface area (Å²) in [6, 6.07) is 44.0. The van der Waals surface area contributed by atoms with Gasteiger partial charge in [0, 0.05) is 38.4 Å². The summed E-state index contributed by atoms with van der Waals surface area (Å²) < 4.78 is 7.96. The van der Waals surface area contributed by atoms with Gasteiger partial charge in [0.1, 0.15) is 11.2 Å². The lowest BCUT2D eigenvalue weighted by molar-refractivity contribution is 0.664. The zero-order chi connectivity index (χ0) is 32.7. The first-order valence-corrected chi connectivity index (χ1v) is 17.3. The van der Waals surface area contributed by atoms with E-state index in [1.54, 1.807) is 11.3 Å². The van der Waals surface area contributed by atoms with E-state index >= 15 is 0 Å². The van der Waals surface area contributed by atoms with Crippen LogP contribution in [0.1, 0.15) is 25.0 Å². The highest BCUT2D eigenvalue weighted by Gasteiger charge is 2.38. The molecule has 3 aromatic heterocycles. The highest BCUT2D eigenvalue weighted by molar-refractivity contribution is 7.16. The molecule has 1 aliphatic rings. The lowest BCUT2D eigenvalue weighted by Gasteiger charge is -2.22. The van der Waals surface area contributed by atoms with Crippen LogP contribution >= 0.6 is 11.3 Å². The van der Waals surface area contributed by atoms with Crippen molar-refractivity contribution in [2.75, 3.05) is 0 Å². The van der Waals surface area contributed by atoms with Crippen molar-refractivity contribution in [1.82, 2.24) is 19.9 Å². The van der Waals surface area contributed by atoms with Crippen LogP contribution in [0.3, 0.4) is 0 Å². The number of furan rings is 1. The van der Waals surface area contributed by atoms with Gasteiger partial charge in [0.05, 0.1) is 15.7 Å². The van der Waals surface area contributed by atoms with E-state index in [0.29, 0.717) is 17.5 Å². The van der Waals surface area contributed by atoms with Crippen LogP contribution in [-0.4, -0.2) is 19.9 Å². The highest BCUT2D eigenvalue weighted by atomic mass is 32.1. The molecule has 3 heterocycles. The van der Waals surface area contributed by atoms with Crippen LogP contribution in [0.4, 0.5) is 0 Å². The summed E-state index contributed by atoms with van der Waals surface area (Å²) in [7, 11) is 0. The van der Waals surface area contributed by atoms with E-state index < -0.39 is 0 Å². The average Bonchev–Trinajstić information content (AvgIpc) is 3.85. The Kier molecular flexibility index (Phi) is 6.02. The van der Waals surface area contributed by atoms with E-state index in [0.717, 1.165) is 55.3 Å². The summed E-state index contributed by atoms with van der Waals surface area (Å²) in [5.74, 6) is 1.86. The van der Waals surface area contributed by atoms with E-state index in [2.05, 4.69) is 68.4 Å². The second-order valence-electron chi connectivity index (χ2n) is 13.1. The second-order valence-corrected chi connectivity index (χ2v) is 14.0. The third kappa shape index (κ3) is 4.24. The van der Waals surface area contributed by atoms with Crippen molar-refractivity contribution in [3.63, 3.8) is 0 Å². The van der Waals surface area contributed by atoms with Crippen molar-refractivity contribution < 1.29 is 4.42 Å². The molecule has 0 bridgehead atoms. The Balaban J connectivity index is 1.20. The molecule has 10 rings (SSSR count). The second kappa shape index (κ2) is 10.5. The van der Waals surface area contributed by atoms with Crippen LogP contribution in [-0.2, 0) is 5.41 Å². The fourth-order valence-corrected chi connectivity index (χ4v) is 8.24. The summed E-state index contributed by atoms with van der Waals surface area (Å²) in [5.41, 5.74) is 14.6. The Morgan fingerprint density at radius 2 is 1.20 bits per heavy atom. The largest absolute Gasteiger partial charge is 0.455 e. The van der Waals surface area contributed by atoms with Gasteiger partial charge in [-0.1, -0.05) is 111 Å². The van der Waals surface area contributed by atoms with Gasteiger partial charge in [-0.2, -0.15) is 0 Å². The molecule has 232 valence electrons. The van der Waals surface area contributed by atoms with Crippen molar-refractivity contribution >= 4 is 43.5 Å². The third-order valence-electron chi connectivity index (χ3n) is 9.89. The lowest BCUT2D eigenvalue weighted by atomic mass is 9.81. The highest BCUT2D eigenvalue weighted by Crippen LogP contribution is 2.53. The Hall–Kier alpha value is -5.98. The van der Waals surface area contributed by atoms with Crippen LogP contribution in [0.5, 0.6) is 0 Å². The molecule has 49 heavy (non-hydrogen) atoms. The number of hydrogen-bond acceptors (Lipinski definition) is 6. The van der Waals surface area contributed by atoms with Crippen LogP contribution in [0, 0.1) is 0 Å². The summed E-state index contributed by atoms with van der Waals surface area (Å²) in [5, 5.41) is 2.02. The van der Waals surface area contributed by atoms with E-state index in [9.17, 15) is 0 Å². The predicted octanol–water partition coefficient (Wildman–Crippen LogP) is 11.4. The SMILES string of the molecule is CC1(C)c2cc(-c3ccc(-c4nc(-c5ccccc5)nc(-c5ccccc5)n4)c4c3oc3ccccc34)ccc2-c2ccc3scnc3c21. The minimum atomic E-state index is -0.201. The molecule has 0 saturated carbocycles. The zero-order valence-corrected chi connectivity index (χ0v) is 27.6. The molecular formula is C43H28N4OS. The van der Waals surface area contributed by atoms with Gasteiger partial charge in [0.25, 0.3) is 0 Å². The molecule has 0 saturated heterocycles. The maximum Gasteiger partial charge on any atom is 0.164 e. The molecule has 0 radical (unpaired) electrons. The van der Waals surface area contributed by atoms with Crippen molar-refractivity contribution in [2.45, 2.75) is 19.3 Å². The molecule has 0 amide bonds. The van der Waals surface area contributed by atoms with Gasteiger partial charge in [-0.25, -0.2) is 19.9 Å². The number of thiazole rings is 1. The number of hydrogen-bond donors (Lipinski definition) is 0. The van der Waals surface area contributed by atoms with Crippen molar-refractivity contribution in [1.29, 1.82) is 0 Å². The van der Waals surface area contributed by atoms with Crippen molar-refractivity contribution in [3.8, 4) is 56.4 Å². The van der Waals surface area contributed by atoms with Gasteiger partial charge in [0.15, 0.2) is 17.5 Å². The number of aromatic nitrogens is 4. The number of rotatable bonds is 4. The van der Waals surface area contributed by atoms with E-state index in [1.807, 2.05) is 78.3 Å². The molecule has 0 atom stereocenters. The van der Waals surface area contributed by atoms with Gasteiger partial charge in [-0.15, -0.1) is 11.3 Å². The standard InChI is InChI=1S/C43H28N4OS/c1-43(2)33-23-27(17-18-29(33)30-21-22-35-38(37(30)43)44-24-49-35)28-19-20-32(36-31-15-9-10-16-34(31)48-39(28)36)42-46-40(25-11-5-3-6-12-25)45-41(47-42)26-13-7-4-8-14-26/h3-24H,1-2H3. The number of para-hydroxylation sites is 1. The molecule has 0 unspecified atom stereocenters. The normalized spacial score (nSPS) is 13.3. The summed E-state index contributed by atoms with van der Waals surface area (Å²) in [6.07, 6.45) is 0. The van der Waals surface area contributed by atoms with Crippen LogP contribution < -0.4 is 0 Å². The van der Waals surface area contributed by atoms with Crippen LogP contribution in [0.15, 0.2) is 137 Å². The Bertz CT molecular complexity index is 2690. The maximum absolute atomic E-state index is 6.73. The van der Waals surface area contributed by atoms with Crippen molar-refractivity contribution in [3.05, 3.63) is 144 Å². The summed E-state index contributed by atoms with van der Waals surface area (Å²) in [4.78, 5) is 19.9. The molecule has 9 aromatic rings. The van der Waals surface area contributed by atoms with E-state index in [1.165, 1.54) is 27.0 Å². The molecule has 0 N–H and O–H groups in total. The van der Waals surface area contributed by atoms with Crippen LogP contribution in [0.2, 0.25) is 0 Å². The van der Waals surface area contributed by atoms with E-state index in [-0.39, 0.29) is 5.41 Å². The minimum Gasteiger partial charge on any atom is -0.455 e. The summed E-state index contributed by atoms with van der Waals surface area (Å²) in [6.45, 7) is 4.63. The Labute approximate surface area is 286 Å². The first-order chi connectivity index (χ1) is 24.0. The third-order valence-corrected chi connectivity index (χ3v) is 10.7. The van der Waals surface area contributed by atoms with Crippen LogP contribution in [0.25, 0.3) is 88.6 Å². The smallest absolute Gasteiger partial charge is 0.164 e. The Morgan fingerprint density at radius 3 is 1.96 bits per heavy atom. The molecule has 0 aliphatic heterocycles. The van der Waals surface area contributed by atoms with Gasteiger partial charge in [-0.05, 0) is 58.1 Å². The van der Waals surface area contributed by atoms with Gasteiger partial charge in [-0.3, -0.25) is 0 Å². The molecule has 6 heteroatoms. The van der Waals surface area contributed by atoms with Gasteiger partial charge < -0.3 is 4.42 Å². The average molecular weight is 649 g/mol. The zero-order valence-electron chi connectivity index (χ0n) is 26.8. The van der Waals surface area contributed by atoms with Crippen molar-refractivity contribution in [2.24, 2.45) is 0 Å². The monoisotopic (exact) mass is 648 g/mol. The lowest BCUT2D eigenvalue weighted by Crippen LogP contribution is -2.15. The van der Waals surface area contributed by atoms with Gasteiger partial charge >= 0.3 is 0 Å².